The van der Waals surface area contributed by atoms with Crippen LogP contribution in [0.15, 0.2) is 42.5 Å². The van der Waals surface area contributed by atoms with E-state index in [1.54, 1.807) is 24.0 Å². The number of hydrogen-bond acceptors (Lipinski definition) is 3. The van der Waals surface area contributed by atoms with Crippen molar-refractivity contribution in [2.24, 2.45) is 0 Å². The molecule has 0 bridgehead atoms. The Balaban J connectivity index is 1.77. The zero-order valence-corrected chi connectivity index (χ0v) is 16.3. The fraction of sp³-hybridized carbons (Fsp3) is 0.333. The lowest BCUT2D eigenvalue weighted by Gasteiger charge is -2.25. The van der Waals surface area contributed by atoms with Gasteiger partial charge in [0.05, 0.1) is 5.75 Å². The molecule has 0 aromatic heterocycles. The first-order chi connectivity index (χ1) is 13.0. The van der Waals surface area contributed by atoms with Gasteiger partial charge in [-0.25, -0.2) is 4.39 Å². The number of carbonyl (C=O) groups is 2. The van der Waals surface area contributed by atoms with Crippen LogP contribution >= 0.6 is 11.8 Å². The molecule has 3 rings (SSSR count). The molecule has 142 valence electrons. The molecule has 0 spiro atoms. The van der Waals surface area contributed by atoms with E-state index in [4.69, 9.17) is 0 Å². The third-order valence-corrected chi connectivity index (χ3v) is 5.75. The van der Waals surface area contributed by atoms with Crippen molar-refractivity contribution >= 4 is 35.0 Å². The predicted molar refractivity (Wildman–Crippen MR) is 108 cm³/mol. The molecule has 0 aliphatic carbocycles. The second kappa shape index (κ2) is 8.57. The Morgan fingerprint density at radius 3 is 2.67 bits per heavy atom. The van der Waals surface area contributed by atoms with E-state index in [-0.39, 0.29) is 23.0 Å². The Hall–Kier alpha value is -2.34. The van der Waals surface area contributed by atoms with Gasteiger partial charge in [-0.1, -0.05) is 31.5 Å². The summed E-state index contributed by atoms with van der Waals surface area (Å²) in [5.74, 6) is 0.00780. The molecule has 1 fully saturated rings. The van der Waals surface area contributed by atoms with E-state index >= 15 is 0 Å². The van der Waals surface area contributed by atoms with Crippen molar-refractivity contribution in [3.8, 4) is 0 Å². The third kappa shape index (κ3) is 4.50. The minimum absolute atomic E-state index is 0.00627. The lowest BCUT2D eigenvalue weighted by molar-refractivity contribution is -0.116. The van der Waals surface area contributed by atoms with Crippen LogP contribution < -0.4 is 10.2 Å². The molecule has 1 aliphatic rings. The standard InChI is InChI=1S/C21H23FN2O2S/c1-3-4-5-19(25)23-16-9-7-15(8-10-16)21-24(20(26)13-27-21)17-11-6-14(2)18(22)12-17/h6-12,21H,3-5,13H2,1-2H3,(H,23,25)/t21-/m0/s1. The highest BCUT2D eigenvalue weighted by molar-refractivity contribution is 8.00. The van der Waals surface area contributed by atoms with Gasteiger partial charge in [0, 0.05) is 17.8 Å². The second-order valence-corrected chi connectivity index (χ2v) is 7.70. The number of unbranched alkanes of at least 4 members (excludes halogenated alkanes) is 1. The molecule has 1 heterocycles. The van der Waals surface area contributed by atoms with Crippen LogP contribution in [0.2, 0.25) is 0 Å². The summed E-state index contributed by atoms with van der Waals surface area (Å²) < 4.78 is 14.0. The highest BCUT2D eigenvalue weighted by atomic mass is 32.2. The number of aryl methyl sites for hydroxylation is 1. The van der Waals surface area contributed by atoms with Crippen molar-refractivity contribution in [2.45, 2.75) is 38.5 Å². The molecule has 6 heteroatoms. The van der Waals surface area contributed by atoms with Crippen molar-refractivity contribution in [1.29, 1.82) is 0 Å². The molecule has 1 aliphatic heterocycles. The van der Waals surface area contributed by atoms with Gasteiger partial charge in [0.2, 0.25) is 11.8 Å². The lowest BCUT2D eigenvalue weighted by atomic mass is 10.1. The fourth-order valence-corrected chi connectivity index (χ4v) is 4.15. The first kappa shape index (κ1) is 19.4. The van der Waals surface area contributed by atoms with Crippen LogP contribution in [0.25, 0.3) is 0 Å². The van der Waals surface area contributed by atoms with Crippen LogP contribution in [-0.2, 0) is 9.59 Å². The lowest BCUT2D eigenvalue weighted by Crippen LogP contribution is -2.28. The van der Waals surface area contributed by atoms with E-state index < -0.39 is 0 Å². The summed E-state index contributed by atoms with van der Waals surface area (Å²) in [6, 6.07) is 12.4. The maximum atomic E-state index is 14.0. The first-order valence-electron chi connectivity index (χ1n) is 9.09. The van der Waals surface area contributed by atoms with E-state index in [1.807, 2.05) is 31.2 Å². The van der Waals surface area contributed by atoms with Crippen LogP contribution in [0.4, 0.5) is 15.8 Å². The molecule has 4 nitrogen and oxygen atoms in total. The minimum Gasteiger partial charge on any atom is -0.326 e. The molecule has 27 heavy (non-hydrogen) atoms. The number of rotatable bonds is 6. The molecule has 0 unspecified atom stereocenters. The number of hydrogen-bond donors (Lipinski definition) is 1. The smallest absolute Gasteiger partial charge is 0.238 e. The SMILES string of the molecule is CCCCC(=O)Nc1ccc([C@@H]2SCC(=O)N2c2ccc(C)c(F)c2)cc1. The van der Waals surface area contributed by atoms with E-state index in [1.165, 1.54) is 17.8 Å². The molecule has 0 radical (unpaired) electrons. The molecular formula is C21H23FN2O2S. The molecular weight excluding hydrogens is 363 g/mol. The van der Waals surface area contributed by atoms with Crippen molar-refractivity contribution in [1.82, 2.24) is 0 Å². The van der Waals surface area contributed by atoms with Gasteiger partial charge in [0.25, 0.3) is 0 Å². The van der Waals surface area contributed by atoms with Crippen molar-refractivity contribution < 1.29 is 14.0 Å². The number of thioether (sulfide) groups is 1. The van der Waals surface area contributed by atoms with Crippen LogP contribution in [-0.4, -0.2) is 17.6 Å². The van der Waals surface area contributed by atoms with Gasteiger partial charge in [0.15, 0.2) is 0 Å². The normalized spacial score (nSPS) is 16.6. The molecule has 1 saturated heterocycles. The Labute approximate surface area is 163 Å². The summed E-state index contributed by atoms with van der Waals surface area (Å²) in [7, 11) is 0. The van der Waals surface area contributed by atoms with Crippen LogP contribution in [0, 0.1) is 12.7 Å². The quantitative estimate of drug-likeness (QED) is 0.756. The Morgan fingerprint density at radius 2 is 2.00 bits per heavy atom. The summed E-state index contributed by atoms with van der Waals surface area (Å²) >= 11 is 1.51. The number of halogens is 1. The fourth-order valence-electron chi connectivity index (χ4n) is 2.97. The largest absolute Gasteiger partial charge is 0.326 e. The van der Waals surface area contributed by atoms with Gasteiger partial charge >= 0.3 is 0 Å². The van der Waals surface area contributed by atoms with Gasteiger partial charge in [-0.05, 0) is 48.7 Å². The van der Waals surface area contributed by atoms with Crippen LogP contribution in [0.1, 0.15) is 42.7 Å². The highest BCUT2D eigenvalue weighted by Gasteiger charge is 2.34. The summed E-state index contributed by atoms with van der Waals surface area (Å²) in [5.41, 5.74) is 2.80. The summed E-state index contributed by atoms with van der Waals surface area (Å²) in [4.78, 5) is 25.9. The number of anilines is 2. The molecule has 0 saturated carbocycles. The number of amides is 2. The Bertz CT molecular complexity index is 839. The average molecular weight is 386 g/mol. The molecule has 2 aromatic rings. The van der Waals surface area contributed by atoms with Crippen molar-refractivity contribution in [2.75, 3.05) is 16.0 Å². The summed E-state index contributed by atoms with van der Waals surface area (Å²) in [6.07, 6.45) is 2.36. The highest BCUT2D eigenvalue weighted by Crippen LogP contribution is 2.42. The van der Waals surface area contributed by atoms with Gasteiger partial charge in [-0.3, -0.25) is 14.5 Å². The number of nitrogens with zero attached hydrogens (tertiary/aromatic N) is 1. The van der Waals surface area contributed by atoms with Crippen molar-refractivity contribution in [3.05, 3.63) is 59.4 Å². The molecule has 2 amide bonds. The second-order valence-electron chi connectivity index (χ2n) is 6.63. The van der Waals surface area contributed by atoms with E-state index in [2.05, 4.69) is 5.32 Å². The maximum Gasteiger partial charge on any atom is 0.238 e. The van der Waals surface area contributed by atoms with Crippen LogP contribution in [0.3, 0.4) is 0 Å². The summed E-state index contributed by atoms with van der Waals surface area (Å²) in [6.45, 7) is 3.75. The van der Waals surface area contributed by atoms with Gasteiger partial charge in [-0.2, -0.15) is 0 Å². The van der Waals surface area contributed by atoms with E-state index in [0.717, 1.165) is 24.1 Å². The molecule has 1 atom stereocenters. The zero-order valence-electron chi connectivity index (χ0n) is 15.5. The van der Waals surface area contributed by atoms with E-state index in [9.17, 15) is 14.0 Å². The Morgan fingerprint density at radius 1 is 1.26 bits per heavy atom. The minimum atomic E-state index is -0.318. The molecule has 1 N–H and O–H groups in total. The van der Waals surface area contributed by atoms with Gasteiger partial charge < -0.3 is 5.32 Å². The van der Waals surface area contributed by atoms with Gasteiger partial charge in [-0.15, -0.1) is 11.8 Å². The predicted octanol–water partition coefficient (Wildman–Crippen LogP) is 5.04. The monoisotopic (exact) mass is 386 g/mol. The zero-order chi connectivity index (χ0) is 19.4. The average Bonchev–Trinajstić information content (AvgIpc) is 3.04. The van der Waals surface area contributed by atoms with Crippen LogP contribution in [0.5, 0.6) is 0 Å². The number of nitrogens with one attached hydrogen (secondary N) is 1. The van der Waals surface area contributed by atoms with Crippen molar-refractivity contribution in [3.63, 3.8) is 0 Å². The maximum absolute atomic E-state index is 14.0. The van der Waals surface area contributed by atoms with Gasteiger partial charge in [0.1, 0.15) is 11.2 Å². The topological polar surface area (TPSA) is 49.4 Å². The number of benzene rings is 2. The third-order valence-electron chi connectivity index (χ3n) is 4.54. The summed E-state index contributed by atoms with van der Waals surface area (Å²) in [5, 5.41) is 2.68. The molecule has 2 aromatic carbocycles. The van der Waals surface area contributed by atoms with E-state index in [0.29, 0.717) is 23.4 Å². The first-order valence-corrected chi connectivity index (χ1v) is 10.1. The number of carbonyl (C=O) groups excluding carboxylic acids is 2. The Kier molecular flexibility index (Phi) is 6.16.